The minimum absolute atomic E-state index is 0.169. The van der Waals surface area contributed by atoms with Crippen LogP contribution in [0.2, 0.25) is 0 Å². The first-order valence-corrected chi connectivity index (χ1v) is 9.93. The molecule has 0 amide bonds. The van der Waals surface area contributed by atoms with E-state index >= 15 is 0 Å². The Morgan fingerprint density at radius 2 is 1.97 bits per heavy atom. The molecular formula is C21H22F2N4OS. The molecule has 0 fully saturated rings. The Morgan fingerprint density at radius 3 is 2.69 bits per heavy atom. The van der Waals surface area contributed by atoms with Crippen LogP contribution in [0.15, 0.2) is 35.3 Å². The molecule has 1 heterocycles. The first-order valence-electron chi connectivity index (χ1n) is 9.15. The molecular weight excluding hydrogens is 394 g/mol. The number of aryl methyl sites for hydroxylation is 2. The molecule has 0 aliphatic rings. The highest BCUT2D eigenvalue weighted by Gasteiger charge is 2.13. The van der Waals surface area contributed by atoms with Gasteiger partial charge in [0, 0.05) is 37.6 Å². The second-order valence-electron chi connectivity index (χ2n) is 6.71. The fourth-order valence-corrected chi connectivity index (χ4v) is 3.11. The number of benzene rings is 2. The molecule has 0 N–H and O–H groups in total. The number of aliphatic imine (C=N–C) groups is 1. The molecule has 0 atom stereocenters. The molecule has 3 rings (SSSR count). The predicted octanol–water partition coefficient (Wildman–Crippen LogP) is 5.43. The van der Waals surface area contributed by atoms with E-state index in [1.165, 1.54) is 12.1 Å². The summed E-state index contributed by atoms with van der Waals surface area (Å²) in [6, 6.07) is 7.34. The van der Waals surface area contributed by atoms with E-state index in [0.717, 1.165) is 41.0 Å². The lowest BCUT2D eigenvalue weighted by Gasteiger charge is -2.11. The second kappa shape index (κ2) is 9.09. The van der Waals surface area contributed by atoms with Gasteiger partial charge in [0.2, 0.25) is 0 Å². The third-order valence-electron chi connectivity index (χ3n) is 4.40. The molecule has 5 nitrogen and oxygen atoms in total. The first-order chi connectivity index (χ1) is 13.9. The predicted molar refractivity (Wildman–Crippen MR) is 112 cm³/mol. The van der Waals surface area contributed by atoms with E-state index in [4.69, 9.17) is 4.74 Å². The van der Waals surface area contributed by atoms with Gasteiger partial charge in [-0.2, -0.15) is 9.36 Å². The maximum absolute atomic E-state index is 13.8. The summed E-state index contributed by atoms with van der Waals surface area (Å²) in [5.41, 5.74) is 3.11. The number of hydrogen-bond acceptors (Lipinski definition) is 5. The van der Waals surface area contributed by atoms with Gasteiger partial charge in [0.05, 0.1) is 12.0 Å². The number of hydrogen-bond donors (Lipinski definition) is 0. The van der Waals surface area contributed by atoms with E-state index in [9.17, 15) is 8.78 Å². The fourth-order valence-electron chi connectivity index (χ4n) is 2.55. The highest BCUT2D eigenvalue weighted by Crippen LogP contribution is 2.32. The van der Waals surface area contributed by atoms with E-state index in [1.54, 1.807) is 6.34 Å². The van der Waals surface area contributed by atoms with Crippen molar-refractivity contribution in [1.29, 1.82) is 0 Å². The van der Waals surface area contributed by atoms with Crippen molar-refractivity contribution in [3.63, 3.8) is 0 Å². The van der Waals surface area contributed by atoms with Crippen LogP contribution in [0.5, 0.6) is 10.9 Å². The lowest BCUT2D eigenvalue weighted by molar-refractivity contribution is 0.473. The second-order valence-corrected chi connectivity index (χ2v) is 7.43. The van der Waals surface area contributed by atoms with E-state index in [0.29, 0.717) is 22.3 Å². The van der Waals surface area contributed by atoms with Gasteiger partial charge in [0.15, 0.2) is 5.82 Å². The van der Waals surface area contributed by atoms with Crippen LogP contribution in [0.25, 0.3) is 0 Å². The Hall–Kier alpha value is -2.87. The average molecular weight is 416 g/mol. The van der Waals surface area contributed by atoms with Crippen molar-refractivity contribution in [2.45, 2.75) is 27.2 Å². The molecule has 1 aromatic heterocycles. The Labute approximate surface area is 172 Å². The SMILES string of the molecule is CCN(C)/C=N\c1cc(C)c(Oc2nc(Cc3ccc(F)cc3F)ns2)cc1C. The number of nitrogens with zero attached hydrogens (tertiary/aromatic N) is 4. The van der Waals surface area contributed by atoms with Crippen molar-refractivity contribution in [1.82, 2.24) is 14.3 Å². The Kier molecular flexibility index (Phi) is 6.53. The maximum Gasteiger partial charge on any atom is 0.298 e. The highest BCUT2D eigenvalue weighted by atomic mass is 32.1. The summed E-state index contributed by atoms with van der Waals surface area (Å²) >= 11 is 1.09. The third kappa shape index (κ3) is 5.35. The van der Waals surface area contributed by atoms with Crippen molar-refractivity contribution < 1.29 is 13.5 Å². The molecule has 0 saturated heterocycles. The van der Waals surface area contributed by atoms with Crippen molar-refractivity contribution in [2.75, 3.05) is 13.6 Å². The van der Waals surface area contributed by atoms with Gasteiger partial charge >= 0.3 is 0 Å². The van der Waals surface area contributed by atoms with Crippen molar-refractivity contribution in [3.8, 4) is 10.9 Å². The Bertz CT molecular complexity index is 1040. The molecule has 0 unspecified atom stereocenters. The quantitative estimate of drug-likeness (QED) is 0.381. The van der Waals surface area contributed by atoms with Gasteiger partial charge in [-0.15, -0.1) is 0 Å². The molecule has 0 aliphatic carbocycles. The average Bonchev–Trinajstić information content (AvgIpc) is 3.12. The molecule has 0 saturated carbocycles. The standard InChI is InChI=1S/C21H22F2N4OS/c1-5-27(4)12-24-18-8-14(3)19(9-13(18)2)28-21-25-20(26-29-21)10-15-6-7-16(22)11-17(15)23/h6-9,11-12H,5,10H2,1-4H3/b24-12-. The summed E-state index contributed by atoms with van der Waals surface area (Å²) in [5.74, 6) is -0.130. The molecule has 152 valence electrons. The van der Waals surface area contributed by atoms with Gasteiger partial charge in [0.1, 0.15) is 17.4 Å². The van der Waals surface area contributed by atoms with Crippen molar-refractivity contribution >= 4 is 23.6 Å². The minimum atomic E-state index is -0.612. The fraction of sp³-hybridized carbons (Fsp3) is 0.286. The van der Waals surface area contributed by atoms with Crippen LogP contribution in [0, 0.1) is 25.5 Å². The summed E-state index contributed by atoms with van der Waals surface area (Å²) in [4.78, 5) is 10.8. The smallest absolute Gasteiger partial charge is 0.298 e. The normalized spacial score (nSPS) is 11.2. The summed E-state index contributed by atoms with van der Waals surface area (Å²) in [6.45, 7) is 6.84. The maximum atomic E-state index is 13.8. The van der Waals surface area contributed by atoms with Gasteiger partial charge in [-0.3, -0.25) is 0 Å². The number of halogens is 2. The summed E-state index contributed by atoms with van der Waals surface area (Å²) in [7, 11) is 1.97. The van der Waals surface area contributed by atoms with Gasteiger partial charge in [-0.1, -0.05) is 6.07 Å². The lowest BCUT2D eigenvalue weighted by Crippen LogP contribution is -2.14. The largest absolute Gasteiger partial charge is 0.430 e. The number of ether oxygens (including phenoxy) is 1. The zero-order valence-electron chi connectivity index (χ0n) is 16.7. The third-order valence-corrected chi connectivity index (χ3v) is 5.03. The van der Waals surface area contributed by atoms with Crippen LogP contribution in [0.1, 0.15) is 29.4 Å². The lowest BCUT2D eigenvalue weighted by atomic mass is 10.1. The van der Waals surface area contributed by atoms with Gasteiger partial charge in [0.25, 0.3) is 5.19 Å². The van der Waals surface area contributed by atoms with Gasteiger partial charge in [-0.25, -0.2) is 13.8 Å². The Morgan fingerprint density at radius 1 is 1.17 bits per heavy atom. The first kappa shape index (κ1) is 20.9. The zero-order chi connectivity index (χ0) is 21.0. The van der Waals surface area contributed by atoms with E-state index in [-0.39, 0.29) is 6.42 Å². The topological polar surface area (TPSA) is 50.6 Å². The van der Waals surface area contributed by atoms with Gasteiger partial charge < -0.3 is 9.64 Å². The number of rotatable bonds is 7. The van der Waals surface area contributed by atoms with E-state index in [2.05, 4.69) is 21.3 Å². The molecule has 0 aliphatic heterocycles. The van der Waals surface area contributed by atoms with Crippen LogP contribution < -0.4 is 4.74 Å². The zero-order valence-corrected chi connectivity index (χ0v) is 17.6. The van der Waals surface area contributed by atoms with Crippen LogP contribution >= 0.6 is 11.5 Å². The van der Waals surface area contributed by atoms with Crippen LogP contribution in [-0.2, 0) is 6.42 Å². The number of aromatic nitrogens is 2. The monoisotopic (exact) mass is 416 g/mol. The molecule has 0 bridgehead atoms. The summed E-state index contributed by atoms with van der Waals surface area (Å²) in [5, 5.41) is 0.368. The summed E-state index contributed by atoms with van der Waals surface area (Å²) in [6.07, 6.45) is 1.97. The van der Waals surface area contributed by atoms with E-state index in [1.807, 2.05) is 37.9 Å². The molecule has 0 spiro atoms. The molecule has 2 aromatic carbocycles. The summed E-state index contributed by atoms with van der Waals surface area (Å²) < 4.78 is 37.0. The molecule has 8 heteroatoms. The van der Waals surface area contributed by atoms with Crippen molar-refractivity contribution in [2.24, 2.45) is 4.99 Å². The van der Waals surface area contributed by atoms with Crippen molar-refractivity contribution in [3.05, 3.63) is 64.5 Å². The molecule has 3 aromatic rings. The van der Waals surface area contributed by atoms with Crippen LogP contribution in [-0.4, -0.2) is 34.2 Å². The molecule has 0 radical (unpaired) electrons. The highest BCUT2D eigenvalue weighted by molar-refractivity contribution is 7.07. The van der Waals surface area contributed by atoms with Crippen LogP contribution in [0.4, 0.5) is 14.5 Å². The molecule has 29 heavy (non-hydrogen) atoms. The van der Waals surface area contributed by atoms with E-state index < -0.39 is 11.6 Å². The Balaban J connectivity index is 1.74. The minimum Gasteiger partial charge on any atom is -0.430 e. The van der Waals surface area contributed by atoms with Gasteiger partial charge in [-0.05, 0) is 55.7 Å². The van der Waals surface area contributed by atoms with Crippen LogP contribution in [0.3, 0.4) is 0 Å².